The zero-order valence-electron chi connectivity index (χ0n) is 13.4. The summed E-state index contributed by atoms with van der Waals surface area (Å²) in [5.74, 6) is 0.921. The average Bonchev–Trinajstić information content (AvgIpc) is 3.28. The third-order valence-corrected chi connectivity index (χ3v) is 4.63. The number of hydrogen-bond acceptors (Lipinski definition) is 5. The number of amides is 1. The van der Waals surface area contributed by atoms with Crippen LogP contribution in [0.2, 0.25) is 0 Å². The molecule has 1 aromatic carbocycles. The SMILES string of the molecule is Cc1ccc(-c2ccc(CO)o2)cc1NC(=S)NC(=O)c1cccs1. The Hall–Kier alpha value is -2.48. The fourth-order valence-electron chi connectivity index (χ4n) is 2.25. The van der Waals surface area contributed by atoms with Crippen molar-refractivity contribution in [3.63, 3.8) is 0 Å². The number of thiocarbonyl (C=S) groups is 1. The van der Waals surface area contributed by atoms with E-state index in [0.717, 1.165) is 16.8 Å². The highest BCUT2D eigenvalue weighted by Crippen LogP contribution is 2.27. The molecule has 5 nitrogen and oxygen atoms in total. The van der Waals surface area contributed by atoms with E-state index in [1.807, 2.05) is 36.6 Å². The summed E-state index contributed by atoms with van der Waals surface area (Å²) in [4.78, 5) is 12.6. The lowest BCUT2D eigenvalue weighted by Gasteiger charge is -2.12. The van der Waals surface area contributed by atoms with Crippen LogP contribution in [0.5, 0.6) is 0 Å². The molecule has 0 aliphatic heterocycles. The second kappa shape index (κ2) is 7.60. The molecule has 128 valence electrons. The summed E-state index contributed by atoms with van der Waals surface area (Å²) in [5.41, 5.74) is 2.60. The van der Waals surface area contributed by atoms with E-state index < -0.39 is 0 Å². The number of aryl methyl sites for hydroxylation is 1. The number of aliphatic hydroxyl groups is 1. The number of nitrogens with one attached hydrogen (secondary N) is 2. The maximum Gasteiger partial charge on any atom is 0.267 e. The fraction of sp³-hybridized carbons (Fsp3) is 0.111. The van der Waals surface area contributed by atoms with Gasteiger partial charge in [0.05, 0.1) is 4.88 Å². The Balaban J connectivity index is 1.74. The highest BCUT2D eigenvalue weighted by molar-refractivity contribution is 7.80. The van der Waals surface area contributed by atoms with Crippen molar-refractivity contribution < 1.29 is 14.3 Å². The van der Waals surface area contributed by atoms with Crippen molar-refractivity contribution >= 4 is 40.3 Å². The third-order valence-electron chi connectivity index (χ3n) is 3.56. The van der Waals surface area contributed by atoms with Crippen molar-refractivity contribution in [2.45, 2.75) is 13.5 Å². The maximum atomic E-state index is 12.0. The number of carbonyl (C=O) groups is 1. The first-order chi connectivity index (χ1) is 12.1. The first-order valence-corrected chi connectivity index (χ1v) is 8.82. The smallest absolute Gasteiger partial charge is 0.267 e. The molecule has 2 aromatic heterocycles. The first-order valence-electron chi connectivity index (χ1n) is 7.53. The quantitative estimate of drug-likeness (QED) is 0.605. The van der Waals surface area contributed by atoms with Crippen LogP contribution in [0.15, 0.2) is 52.3 Å². The van der Waals surface area contributed by atoms with E-state index in [4.69, 9.17) is 21.7 Å². The molecule has 0 atom stereocenters. The lowest BCUT2D eigenvalue weighted by molar-refractivity contribution is 0.0981. The molecular weight excluding hydrogens is 356 g/mol. The minimum Gasteiger partial charge on any atom is -0.459 e. The molecular formula is C18H16N2O3S2. The van der Waals surface area contributed by atoms with Gasteiger partial charge in [-0.2, -0.15) is 0 Å². The van der Waals surface area contributed by atoms with Crippen LogP contribution in [-0.2, 0) is 6.61 Å². The molecule has 0 radical (unpaired) electrons. The van der Waals surface area contributed by atoms with Crippen LogP contribution in [0.1, 0.15) is 21.0 Å². The Morgan fingerprint density at radius 3 is 2.80 bits per heavy atom. The van der Waals surface area contributed by atoms with Crippen LogP contribution in [0.25, 0.3) is 11.3 Å². The molecule has 0 saturated carbocycles. The van der Waals surface area contributed by atoms with Crippen LogP contribution in [0, 0.1) is 6.92 Å². The molecule has 0 saturated heterocycles. The zero-order valence-corrected chi connectivity index (χ0v) is 15.0. The Kier molecular flexibility index (Phi) is 5.28. The number of thiophene rings is 1. The fourth-order valence-corrected chi connectivity index (χ4v) is 3.08. The molecule has 3 rings (SSSR count). The molecule has 0 unspecified atom stereocenters. The second-order valence-corrected chi connectivity index (χ2v) is 6.70. The monoisotopic (exact) mass is 372 g/mol. The van der Waals surface area contributed by atoms with Crippen molar-refractivity contribution in [3.8, 4) is 11.3 Å². The third kappa shape index (κ3) is 4.14. The van der Waals surface area contributed by atoms with Gasteiger partial charge in [-0.3, -0.25) is 10.1 Å². The Morgan fingerprint density at radius 1 is 1.28 bits per heavy atom. The Labute approximate surface area is 154 Å². The largest absolute Gasteiger partial charge is 0.459 e. The number of rotatable bonds is 4. The van der Waals surface area contributed by atoms with Crippen molar-refractivity contribution in [1.82, 2.24) is 5.32 Å². The molecule has 2 heterocycles. The number of hydrogen-bond donors (Lipinski definition) is 3. The van der Waals surface area contributed by atoms with Gasteiger partial charge in [0.1, 0.15) is 18.1 Å². The number of anilines is 1. The van der Waals surface area contributed by atoms with Crippen molar-refractivity contribution in [1.29, 1.82) is 0 Å². The minimum absolute atomic E-state index is 0.143. The van der Waals surface area contributed by atoms with E-state index in [1.165, 1.54) is 11.3 Å². The second-order valence-electron chi connectivity index (χ2n) is 5.34. The molecule has 3 N–H and O–H groups in total. The number of carbonyl (C=O) groups excluding carboxylic acids is 1. The molecule has 25 heavy (non-hydrogen) atoms. The van der Waals surface area contributed by atoms with E-state index >= 15 is 0 Å². The summed E-state index contributed by atoms with van der Waals surface area (Å²) in [6.45, 7) is 1.80. The van der Waals surface area contributed by atoms with Crippen molar-refractivity contribution in [2.75, 3.05) is 5.32 Å². The standard InChI is InChI=1S/C18H16N2O3S2/c1-11-4-5-12(15-7-6-13(10-21)23-15)9-14(11)19-18(24)20-17(22)16-3-2-8-25-16/h2-9,21H,10H2,1H3,(H2,19,20,22,24). The molecule has 0 aliphatic rings. The highest BCUT2D eigenvalue weighted by Gasteiger charge is 2.11. The van der Waals surface area contributed by atoms with Gasteiger partial charge in [-0.05, 0) is 54.4 Å². The van der Waals surface area contributed by atoms with E-state index in [-0.39, 0.29) is 17.6 Å². The van der Waals surface area contributed by atoms with E-state index in [9.17, 15) is 4.79 Å². The van der Waals surface area contributed by atoms with Gasteiger partial charge in [0.15, 0.2) is 5.11 Å². The molecule has 1 amide bonds. The summed E-state index contributed by atoms with van der Waals surface area (Å²) < 4.78 is 5.55. The van der Waals surface area contributed by atoms with Gasteiger partial charge in [0.2, 0.25) is 0 Å². The van der Waals surface area contributed by atoms with Crippen molar-refractivity contribution in [3.05, 3.63) is 64.0 Å². The summed E-state index contributed by atoms with van der Waals surface area (Å²) in [6, 6.07) is 12.8. The molecule has 3 aromatic rings. The lowest BCUT2D eigenvalue weighted by atomic mass is 10.1. The topological polar surface area (TPSA) is 74.5 Å². The molecule has 7 heteroatoms. The van der Waals surface area contributed by atoms with E-state index in [0.29, 0.717) is 16.4 Å². The van der Waals surface area contributed by atoms with Gasteiger partial charge in [-0.15, -0.1) is 11.3 Å². The van der Waals surface area contributed by atoms with Gasteiger partial charge in [0, 0.05) is 11.3 Å². The molecule has 0 fully saturated rings. The Bertz CT molecular complexity index is 901. The average molecular weight is 372 g/mol. The van der Waals surface area contributed by atoms with E-state index in [2.05, 4.69) is 10.6 Å². The predicted molar refractivity (Wildman–Crippen MR) is 103 cm³/mol. The lowest BCUT2D eigenvalue weighted by Crippen LogP contribution is -2.33. The van der Waals surface area contributed by atoms with Crippen LogP contribution in [0.4, 0.5) is 5.69 Å². The summed E-state index contributed by atoms with van der Waals surface area (Å²) in [5, 5.41) is 16.9. The Morgan fingerprint density at radius 2 is 2.12 bits per heavy atom. The van der Waals surface area contributed by atoms with Gasteiger partial charge >= 0.3 is 0 Å². The van der Waals surface area contributed by atoms with Gasteiger partial charge in [-0.1, -0.05) is 18.2 Å². The summed E-state index contributed by atoms with van der Waals surface area (Å²) in [6.07, 6.45) is 0. The minimum atomic E-state index is -0.236. The number of furan rings is 1. The van der Waals surface area contributed by atoms with Crippen LogP contribution < -0.4 is 10.6 Å². The van der Waals surface area contributed by atoms with Crippen LogP contribution in [0.3, 0.4) is 0 Å². The van der Waals surface area contributed by atoms with Crippen molar-refractivity contribution in [2.24, 2.45) is 0 Å². The van der Waals surface area contributed by atoms with Gasteiger partial charge in [0.25, 0.3) is 5.91 Å². The highest BCUT2D eigenvalue weighted by atomic mass is 32.1. The van der Waals surface area contributed by atoms with Crippen LogP contribution in [-0.4, -0.2) is 16.1 Å². The molecule has 0 bridgehead atoms. The molecule has 0 spiro atoms. The zero-order chi connectivity index (χ0) is 17.8. The number of benzene rings is 1. The molecule has 0 aliphatic carbocycles. The van der Waals surface area contributed by atoms with Crippen LogP contribution >= 0.6 is 23.6 Å². The van der Waals surface area contributed by atoms with Gasteiger partial charge < -0.3 is 14.8 Å². The first kappa shape index (κ1) is 17.3. The summed E-state index contributed by atoms with van der Waals surface area (Å²) >= 11 is 6.59. The van der Waals surface area contributed by atoms with E-state index in [1.54, 1.807) is 18.2 Å². The summed E-state index contributed by atoms with van der Waals surface area (Å²) in [7, 11) is 0. The predicted octanol–water partition coefficient (Wildman–Crippen LogP) is 3.94. The van der Waals surface area contributed by atoms with Gasteiger partial charge in [-0.25, -0.2) is 0 Å². The maximum absolute atomic E-state index is 12.0. The normalized spacial score (nSPS) is 10.5. The number of aliphatic hydroxyl groups excluding tert-OH is 1.